The second-order valence-electron chi connectivity index (χ2n) is 6.60. The third kappa shape index (κ3) is 9.74. The van der Waals surface area contributed by atoms with Gasteiger partial charge < -0.3 is 31.2 Å². The first-order valence-electron chi connectivity index (χ1n) is 9.56. The molecule has 2 aliphatic rings. The zero-order chi connectivity index (χ0) is 26.2. The van der Waals surface area contributed by atoms with Crippen molar-refractivity contribution in [1.29, 1.82) is 0 Å². The summed E-state index contributed by atoms with van der Waals surface area (Å²) in [5.41, 5.74) is 9.35. The van der Waals surface area contributed by atoms with E-state index in [-0.39, 0.29) is 48.2 Å². The van der Waals surface area contributed by atoms with Gasteiger partial charge in [-0.1, -0.05) is 0 Å². The van der Waals surface area contributed by atoms with Crippen molar-refractivity contribution in [1.82, 2.24) is 19.1 Å². The second-order valence-corrected chi connectivity index (χ2v) is 9.89. The van der Waals surface area contributed by atoms with E-state index in [1.807, 2.05) is 0 Å². The minimum absolute atomic E-state index is 0.0572. The number of anilines is 2. The van der Waals surface area contributed by atoms with Crippen LogP contribution in [0.4, 0.5) is 11.6 Å². The summed E-state index contributed by atoms with van der Waals surface area (Å²) in [5.74, 6) is 1.63. The lowest BCUT2D eigenvalue weighted by atomic mass is 10.5. The van der Waals surface area contributed by atoms with E-state index < -0.39 is 21.8 Å². The molecular weight excluding hydrogens is 532 g/mol. The maximum atomic E-state index is 11.4. The van der Waals surface area contributed by atoms with Crippen molar-refractivity contribution in [3.63, 3.8) is 0 Å². The minimum atomic E-state index is -4.67. The molecule has 0 unspecified atom stereocenters. The van der Waals surface area contributed by atoms with Crippen molar-refractivity contribution in [3.05, 3.63) is 45.5 Å². The first-order chi connectivity index (χ1) is 16.4. The maximum Gasteiger partial charge on any atom is 0.394 e. The maximum absolute atomic E-state index is 11.4. The highest BCUT2D eigenvalue weighted by molar-refractivity contribution is 8.00. The lowest BCUT2D eigenvalue weighted by Crippen LogP contribution is -2.28. The molecule has 35 heavy (non-hydrogen) atoms. The number of thioether (sulfide) groups is 2. The van der Waals surface area contributed by atoms with Crippen molar-refractivity contribution >= 4 is 45.6 Å². The fourth-order valence-corrected chi connectivity index (χ4v) is 4.52. The summed E-state index contributed by atoms with van der Waals surface area (Å²) < 4.78 is 45.2. The van der Waals surface area contributed by atoms with Crippen LogP contribution in [-0.4, -0.2) is 82.4 Å². The summed E-state index contributed by atoms with van der Waals surface area (Å²) in [4.78, 5) is 30.1. The van der Waals surface area contributed by atoms with Crippen LogP contribution in [0.25, 0.3) is 0 Å². The number of nitrogen functional groups attached to an aromatic ring is 2. The van der Waals surface area contributed by atoms with Gasteiger partial charge in [0.25, 0.3) is 0 Å². The fraction of sp³-hybridized carbons (Fsp3) is 0.500. The van der Waals surface area contributed by atoms with Crippen LogP contribution in [0.15, 0.2) is 34.1 Å². The number of ether oxygens (including phenoxy) is 2. The summed E-state index contributed by atoms with van der Waals surface area (Å²) in [6, 6.07) is 3.09. The molecule has 2 aliphatic heterocycles. The van der Waals surface area contributed by atoms with Crippen molar-refractivity contribution < 1.29 is 37.2 Å². The topological polar surface area (TPSA) is 255 Å². The third-order valence-electron chi connectivity index (χ3n) is 4.09. The summed E-state index contributed by atoms with van der Waals surface area (Å²) >= 11 is 2.93. The van der Waals surface area contributed by atoms with Crippen molar-refractivity contribution in [2.75, 3.05) is 36.2 Å². The summed E-state index contributed by atoms with van der Waals surface area (Å²) in [6.45, 7) is -0.114. The molecule has 0 bridgehead atoms. The first-order valence-corrected chi connectivity index (χ1v) is 13.1. The highest BCUT2D eigenvalue weighted by Crippen LogP contribution is 2.31. The standard InChI is InChI=1S/2C8H11N3O3S.H2O4S/c2*9-5-1-2-11(8(13)10-5)6-4-15-7(3-12)14-6;1-5(2,3)4/h2*1-2,6-7,12H,3-4H2,(H2,9,10,13);(H2,1,2,3,4)/t2*6-,7+;/m00./s1. The normalized spacial score (nSPS) is 23.7. The van der Waals surface area contributed by atoms with Gasteiger partial charge in [-0.3, -0.25) is 18.2 Å². The van der Waals surface area contributed by atoms with Crippen molar-refractivity contribution in [2.24, 2.45) is 0 Å². The Labute approximate surface area is 206 Å². The SMILES string of the molecule is Nc1ccn([C@@H]2CS[C@H](CO)O2)c(=O)n1.Nc1ccn([C@@H]2CS[C@H](CO)O2)c(=O)n1.O=S(=O)(O)O. The Morgan fingerprint density at radius 2 is 1.23 bits per heavy atom. The summed E-state index contributed by atoms with van der Waals surface area (Å²) in [5, 5.41) is 17.8. The molecule has 8 N–H and O–H groups in total. The Hall–Kier alpha value is -2.23. The van der Waals surface area contributed by atoms with Gasteiger partial charge >= 0.3 is 21.8 Å². The fourth-order valence-electron chi connectivity index (χ4n) is 2.66. The highest BCUT2D eigenvalue weighted by Gasteiger charge is 2.28. The lowest BCUT2D eigenvalue weighted by molar-refractivity contribution is -0.00634. The predicted molar refractivity (Wildman–Crippen MR) is 127 cm³/mol. The largest absolute Gasteiger partial charge is 0.394 e. The smallest absolute Gasteiger partial charge is 0.393 e. The van der Waals surface area contributed by atoms with Crippen molar-refractivity contribution in [2.45, 2.75) is 23.3 Å². The molecule has 0 spiro atoms. The number of rotatable bonds is 4. The number of aliphatic hydroxyl groups excluding tert-OH is 2. The van der Waals surface area contributed by atoms with Crippen LogP contribution in [0.1, 0.15) is 12.5 Å². The number of nitrogens with two attached hydrogens (primary N) is 2. The number of hydrogen-bond acceptors (Lipinski definition) is 14. The van der Waals surface area contributed by atoms with Crippen LogP contribution in [0.2, 0.25) is 0 Å². The molecule has 2 saturated heterocycles. The third-order valence-corrected chi connectivity index (χ3v) is 6.31. The molecule has 4 heterocycles. The Bertz CT molecular complexity index is 1110. The summed E-state index contributed by atoms with van der Waals surface area (Å²) in [7, 11) is -4.67. The Balaban J connectivity index is 0.000000208. The molecule has 196 valence electrons. The van der Waals surface area contributed by atoms with Crippen LogP contribution in [0, 0.1) is 0 Å². The Morgan fingerprint density at radius 3 is 1.49 bits per heavy atom. The molecule has 4 rings (SSSR count). The van der Waals surface area contributed by atoms with Gasteiger partial charge in [0, 0.05) is 23.9 Å². The molecule has 0 radical (unpaired) electrons. The van der Waals surface area contributed by atoms with E-state index in [0.717, 1.165) is 0 Å². The molecule has 2 aromatic rings. The lowest BCUT2D eigenvalue weighted by Gasteiger charge is -2.13. The van der Waals surface area contributed by atoms with Gasteiger partial charge in [0.15, 0.2) is 0 Å². The Kier molecular flexibility index (Phi) is 10.9. The van der Waals surface area contributed by atoms with Gasteiger partial charge in [-0.2, -0.15) is 18.4 Å². The van der Waals surface area contributed by atoms with E-state index in [1.54, 1.807) is 24.5 Å². The number of aliphatic hydroxyl groups is 2. The van der Waals surface area contributed by atoms with E-state index in [2.05, 4.69) is 9.97 Å². The molecule has 4 atom stereocenters. The molecule has 19 heteroatoms. The van der Waals surface area contributed by atoms with Crippen LogP contribution in [-0.2, 0) is 19.9 Å². The molecule has 16 nitrogen and oxygen atoms in total. The Morgan fingerprint density at radius 1 is 0.886 bits per heavy atom. The average molecular weight is 557 g/mol. The quantitative estimate of drug-likeness (QED) is 0.226. The molecule has 0 aliphatic carbocycles. The van der Waals surface area contributed by atoms with Crippen LogP contribution in [0.5, 0.6) is 0 Å². The van der Waals surface area contributed by atoms with Gasteiger partial charge in [-0.15, -0.1) is 23.5 Å². The van der Waals surface area contributed by atoms with Gasteiger partial charge in [-0.25, -0.2) is 9.59 Å². The minimum Gasteiger partial charge on any atom is -0.393 e. The van der Waals surface area contributed by atoms with E-state index in [1.165, 1.54) is 32.7 Å². The number of nitrogens with zero attached hydrogens (tertiary/aromatic N) is 4. The van der Waals surface area contributed by atoms with E-state index in [4.69, 9.17) is 48.7 Å². The monoisotopic (exact) mass is 556 g/mol. The van der Waals surface area contributed by atoms with Gasteiger partial charge in [0.1, 0.15) is 35.0 Å². The zero-order valence-electron chi connectivity index (χ0n) is 17.9. The first kappa shape index (κ1) is 29.0. The van der Waals surface area contributed by atoms with Gasteiger partial charge in [0.2, 0.25) is 0 Å². The van der Waals surface area contributed by atoms with Crippen LogP contribution in [0.3, 0.4) is 0 Å². The number of aromatic nitrogens is 4. The van der Waals surface area contributed by atoms with Gasteiger partial charge in [-0.05, 0) is 12.1 Å². The highest BCUT2D eigenvalue weighted by atomic mass is 32.3. The molecule has 2 aromatic heterocycles. The molecule has 0 amide bonds. The second kappa shape index (κ2) is 13.2. The molecule has 0 saturated carbocycles. The molecular formula is C16H24N6O10S3. The average Bonchev–Trinajstić information content (AvgIpc) is 3.42. The van der Waals surface area contributed by atoms with E-state index in [0.29, 0.717) is 11.5 Å². The number of hydrogen-bond donors (Lipinski definition) is 6. The summed E-state index contributed by atoms with van der Waals surface area (Å²) in [6.07, 6.45) is 2.37. The van der Waals surface area contributed by atoms with Crippen LogP contribution >= 0.6 is 23.5 Å². The van der Waals surface area contributed by atoms with Gasteiger partial charge in [0.05, 0.1) is 13.2 Å². The van der Waals surface area contributed by atoms with Crippen LogP contribution < -0.4 is 22.8 Å². The van der Waals surface area contributed by atoms with E-state index >= 15 is 0 Å². The van der Waals surface area contributed by atoms with E-state index in [9.17, 15) is 9.59 Å². The zero-order valence-corrected chi connectivity index (χ0v) is 20.3. The molecule has 0 aromatic carbocycles. The van der Waals surface area contributed by atoms with Crippen molar-refractivity contribution in [3.8, 4) is 0 Å². The molecule has 2 fully saturated rings. The predicted octanol–water partition coefficient (Wildman–Crippen LogP) is -1.84.